The lowest BCUT2D eigenvalue weighted by molar-refractivity contribution is 0.104. The average Bonchev–Trinajstić information content (AvgIpc) is 3.15. The number of aromatic nitrogens is 1. The summed E-state index contributed by atoms with van der Waals surface area (Å²) in [6.45, 7) is 0. The molecule has 1 aromatic heterocycles. The van der Waals surface area contributed by atoms with Crippen LogP contribution in [0.5, 0.6) is 5.75 Å². The molecule has 0 N–H and O–H groups in total. The number of Topliss-reactive ketones (excluding diaryl/α,β-unsaturated/α-hetero) is 1. The highest BCUT2D eigenvalue weighted by Gasteiger charge is 2.13. The number of carbonyl (C=O) groups excluding carboxylic acids is 1. The van der Waals surface area contributed by atoms with E-state index in [0.717, 1.165) is 16.3 Å². The summed E-state index contributed by atoms with van der Waals surface area (Å²) in [4.78, 5) is 16.9. The van der Waals surface area contributed by atoms with Gasteiger partial charge in [-0.25, -0.2) is 4.98 Å². The number of ketones is 1. The van der Waals surface area contributed by atoms with E-state index in [-0.39, 0.29) is 11.4 Å². The summed E-state index contributed by atoms with van der Waals surface area (Å²) in [6.07, 6.45) is 1.52. The molecule has 3 rings (SSSR count). The third kappa shape index (κ3) is 3.82. The van der Waals surface area contributed by atoms with Crippen LogP contribution in [0.3, 0.4) is 0 Å². The predicted octanol–water partition coefficient (Wildman–Crippen LogP) is 4.61. The minimum atomic E-state index is -0.306. The van der Waals surface area contributed by atoms with Crippen LogP contribution in [0.4, 0.5) is 0 Å². The maximum atomic E-state index is 12.4. The van der Waals surface area contributed by atoms with Crippen LogP contribution in [0.2, 0.25) is 0 Å². The van der Waals surface area contributed by atoms with Gasteiger partial charge in [0.05, 0.1) is 12.8 Å². The van der Waals surface area contributed by atoms with Gasteiger partial charge in [0.15, 0.2) is 0 Å². The van der Waals surface area contributed by atoms with Crippen LogP contribution in [0, 0.1) is 11.3 Å². The smallest absolute Gasteiger partial charge is 0.203 e. The van der Waals surface area contributed by atoms with Gasteiger partial charge in [-0.3, -0.25) is 4.79 Å². The Morgan fingerprint density at radius 3 is 2.72 bits per heavy atom. The van der Waals surface area contributed by atoms with Crippen LogP contribution in [0.1, 0.15) is 16.1 Å². The monoisotopic (exact) mass is 346 g/mol. The molecule has 1 heterocycles. The zero-order valence-corrected chi connectivity index (χ0v) is 14.3. The normalized spacial score (nSPS) is 11.0. The maximum absolute atomic E-state index is 12.4. The van der Waals surface area contributed by atoms with Crippen molar-refractivity contribution in [2.24, 2.45) is 0 Å². The standard InChI is InChI=1S/C20H14N2O2S/c1-24-18-9-5-8-15(11-18)20-22-17(13-25-20)10-16(12-21)19(23)14-6-3-2-4-7-14/h2-11,13H,1H3/b16-10+. The lowest BCUT2D eigenvalue weighted by Gasteiger charge is -2.01. The molecule has 3 aromatic rings. The van der Waals surface area contributed by atoms with Crippen molar-refractivity contribution in [1.82, 2.24) is 4.98 Å². The van der Waals surface area contributed by atoms with Crippen molar-refractivity contribution < 1.29 is 9.53 Å². The molecule has 0 aliphatic heterocycles. The third-order valence-electron chi connectivity index (χ3n) is 3.53. The van der Waals surface area contributed by atoms with Gasteiger partial charge in [-0.15, -0.1) is 11.3 Å². The molecule has 0 fully saturated rings. The first-order valence-corrected chi connectivity index (χ1v) is 8.40. The number of benzene rings is 2. The van der Waals surface area contributed by atoms with Crippen molar-refractivity contribution in [2.45, 2.75) is 0 Å². The number of ether oxygens (including phenoxy) is 1. The zero-order chi connectivity index (χ0) is 17.6. The summed E-state index contributed by atoms with van der Waals surface area (Å²) >= 11 is 1.45. The second kappa shape index (κ2) is 7.56. The lowest BCUT2D eigenvalue weighted by Crippen LogP contribution is -2.01. The number of carbonyl (C=O) groups is 1. The molecule has 5 heteroatoms. The largest absolute Gasteiger partial charge is 0.497 e. The molecule has 0 aliphatic carbocycles. The Bertz CT molecular complexity index is 969. The van der Waals surface area contributed by atoms with Crippen LogP contribution in [0.15, 0.2) is 65.6 Å². The highest BCUT2D eigenvalue weighted by molar-refractivity contribution is 7.13. The SMILES string of the molecule is COc1cccc(-c2nc(/C=C(\C#N)C(=O)c3ccccc3)cs2)c1. The summed E-state index contributed by atoms with van der Waals surface area (Å²) in [7, 11) is 1.61. The van der Waals surface area contributed by atoms with Crippen LogP contribution < -0.4 is 4.74 Å². The van der Waals surface area contributed by atoms with E-state index in [9.17, 15) is 10.1 Å². The van der Waals surface area contributed by atoms with E-state index in [1.165, 1.54) is 17.4 Å². The van der Waals surface area contributed by atoms with Gasteiger partial charge >= 0.3 is 0 Å². The summed E-state index contributed by atoms with van der Waals surface area (Å²) < 4.78 is 5.22. The first-order chi connectivity index (χ1) is 12.2. The van der Waals surface area contributed by atoms with Crippen molar-refractivity contribution >= 4 is 23.2 Å². The van der Waals surface area contributed by atoms with E-state index in [2.05, 4.69) is 4.98 Å². The minimum absolute atomic E-state index is 0.0636. The molecule has 0 bridgehead atoms. The number of hydrogen-bond acceptors (Lipinski definition) is 5. The van der Waals surface area contributed by atoms with Gasteiger partial charge in [0.2, 0.25) is 5.78 Å². The van der Waals surface area contributed by atoms with E-state index < -0.39 is 0 Å². The molecule has 0 saturated heterocycles. The Labute approximate surface area is 149 Å². The fraction of sp³-hybridized carbons (Fsp3) is 0.0500. The lowest BCUT2D eigenvalue weighted by atomic mass is 10.0. The third-order valence-corrected chi connectivity index (χ3v) is 4.44. The highest BCUT2D eigenvalue weighted by atomic mass is 32.1. The number of methoxy groups -OCH3 is 1. The highest BCUT2D eigenvalue weighted by Crippen LogP contribution is 2.27. The fourth-order valence-electron chi connectivity index (χ4n) is 2.28. The van der Waals surface area contributed by atoms with Crippen LogP contribution in [-0.4, -0.2) is 17.9 Å². The molecule has 0 spiro atoms. The number of allylic oxidation sites excluding steroid dienone is 1. The molecule has 0 radical (unpaired) electrons. The van der Waals surface area contributed by atoms with E-state index in [0.29, 0.717) is 11.3 Å². The zero-order valence-electron chi connectivity index (χ0n) is 13.5. The Morgan fingerprint density at radius 1 is 1.20 bits per heavy atom. The molecule has 4 nitrogen and oxygen atoms in total. The van der Waals surface area contributed by atoms with Gasteiger partial charge in [-0.05, 0) is 18.2 Å². The number of rotatable bonds is 5. The Kier molecular flexibility index (Phi) is 5.03. The Hall–Kier alpha value is -3.23. The molecule has 0 saturated carbocycles. The number of thiazole rings is 1. The first kappa shape index (κ1) is 16.6. The topological polar surface area (TPSA) is 63.0 Å². The van der Waals surface area contributed by atoms with Crippen molar-refractivity contribution in [3.8, 4) is 22.4 Å². The van der Waals surface area contributed by atoms with E-state index >= 15 is 0 Å². The van der Waals surface area contributed by atoms with Crippen molar-refractivity contribution in [3.63, 3.8) is 0 Å². The second-order valence-corrected chi connectivity index (χ2v) is 6.03. The molecule has 25 heavy (non-hydrogen) atoms. The Balaban J connectivity index is 1.89. The molecule has 122 valence electrons. The fourth-order valence-corrected chi connectivity index (χ4v) is 3.06. The van der Waals surface area contributed by atoms with Gasteiger partial charge < -0.3 is 4.74 Å². The van der Waals surface area contributed by atoms with Gasteiger partial charge in [0.25, 0.3) is 0 Å². The predicted molar refractivity (Wildman–Crippen MR) is 98.5 cm³/mol. The van der Waals surface area contributed by atoms with Gasteiger partial charge in [-0.2, -0.15) is 5.26 Å². The number of hydrogen-bond donors (Lipinski definition) is 0. The van der Waals surface area contributed by atoms with Gasteiger partial charge in [0, 0.05) is 16.5 Å². The van der Waals surface area contributed by atoms with Crippen LogP contribution in [0.25, 0.3) is 16.6 Å². The van der Waals surface area contributed by atoms with Gasteiger partial charge in [-0.1, -0.05) is 42.5 Å². The maximum Gasteiger partial charge on any atom is 0.203 e. The number of nitriles is 1. The van der Waals surface area contributed by atoms with Crippen LogP contribution in [-0.2, 0) is 0 Å². The summed E-state index contributed by atoms with van der Waals surface area (Å²) in [6, 6.07) is 18.3. The number of nitrogens with zero attached hydrogens (tertiary/aromatic N) is 2. The molecule has 0 atom stereocenters. The molecule has 0 aliphatic rings. The van der Waals surface area contributed by atoms with E-state index in [1.807, 2.05) is 41.8 Å². The van der Waals surface area contributed by atoms with Crippen molar-refractivity contribution in [3.05, 3.63) is 76.8 Å². The van der Waals surface area contributed by atoms with Crippen LogP contribution >= 0.6 is 11.3 Å². The summed E-state index contributed by atoms with van der Waals surface area (Å²) in [5.74, 6) is 0.445. The average molecular weight is 346 g/mol. The minimum Gasteiger partial charge on any atom is -0.497 e. The summed E-state index contributed by atoms with van der Waals surface area (Å²) in [5.41, 5.74) is 2.06. The molecular weight excluding hydrogens is 332 g/mol. The van der Waals surface area contributed by atoms with E-state index in [4.69, 9.17) is 4.74 Å². The van der Waals surface area contributed by atoms with Crippen molar-refractivity contribution in [1.29, 1.82) is 5.26 Å². The molecular formula is C20H14N2O2S. The Morgan fingerprint density at radius 2 is 2.00 bits per heavy atom. The first-order valence-electron chi connectivity index (χ1n) is 7.53. The van der Waals surface area contributed by atoms with Gasteiger partial charge in [0.1, 0.15) is 22.4 Å². The molecule has 0 unspecified atom stereocenters. The van der Waals surface area contributed by atoms with Crippen molar-refractivity contribution in [2.75, 3.05) is 7.11 Å². The molecule has 0 amide bonds. The molecule has 2 aromatic carbocycles. The second-order valence-electron chi connectivity index (χ2n) is 5.17. The summed E-state index contributed by atoms with van der Waals surface area (Å²) in [5, 5.41) is 12.0. The van der Waals surface area contributed by atoms with E-state index in [1.54, 1.807) is 31.4 Å². The quantitative estimate of drug-likeness (QED) is 0.384.